The first-order valence-corrected chi connectivity index (χ1v) is 5.69. The topological polar surface area (TPSA) is 41.5 Å². The molecule has 0 atom stereocenters. The van der Waals surface area contributed by atoms with Crippen LogP contribution in [-0.2, 0) is 11.3 Å². The summed E-state index contributed by atoms with van der Waals surface area (Å²) < 4.78 is 5.16. The zero-order valence-electron chi connectivity index (χ0n) is 10.1. The minimum absolute atomic E-state index is 0.0943. The fraction of sp³-hybridized carbons (Fsp3) is 0.538. The maximum absolute atomic E-state index is 8.52. The first-order valence-electron chi connectivity index (χ1n) is 5.69. The highest BCUT2D eigenvalue weighted by Crippen LogP contribution is 2.09. The Balaban J connectivity index is 2.21. The Hall–Kier alpha value is -0.900. The molecule has 0 saturated carbocycles. The van der Waals surface area contributed by atoms with E-state index >= 15 is 0 Å². The van der Waals surface area contributed by atoms with Gasteiger partial charge in [-0.2, -0.15) is 0 Å². The quantitative estimate of drug-likeness (QED) is 0.687. The minimum atomic E-state index is 0.0943. The molecule has 3 nitrogen and oxygen atoms in total. The third kappa shape index (κ3) is 4.75. The second-order valence-corrected chi connectivity index (χ2v) is 3.94. The summed E-state index contributed by atoms with van der Waals surface area (Å²) in [7, 11) is 0. The average Bonchev–Trinajstić information content (AvgIpc) is 2.26. The maximum atomic E-state index is 8.52. The van der Waals surface area contributed by atoms with Crippen LogP contribution in [0.5, 0.6) is 0 Å². The largest absolute Gasteiger partial charge is 0.394 e. The van der Waals surface area contributed by atoms with E-state index in [2.05, 4.69) is 37.4 Å². The van der Waals surface area contributed by atoms with Gasteiger partial charge in [0.25, 0.3) is 0 Å². The van der Waals surface area contributed by atoms with Gasteiger partial charge < -0.3 is 15.2 Å². The summed E-state index contributed by atoms with van der Waals surface area (Å²) in [6.07, 6.45) is 0. The highest BCUT2D eigenvalue weighted by atomic mass is 16.5. The lowest BCUT2D eigenvalue weighted by molar-refractivity contribution is 0.0938. The fourth-order valence-electron chi connectivity index (χ4n) is 1.58. The van der Waals surface area contributed by atoms with E-state index in [1.807, 2.05) is 0 Å². The fourth-order valence-corrected chi connectivity index (χ4v) is 1.58. The van der Waals surface area contributed by atoms with E-state index in [0.29, 0.717) is 13.2 Å². The van der Waals surface area contributed by atoms with E-state index in [1.54, 1.807) is 0 Å². The van der Waals surface area contributed by atoms with Crippen molar-refractivity contribution in [2.45, 2.75) is 20.4 Å². The average molecular weight is 223 g/mol. The van der Waals surface area contributed by atoms with Crippen molar-refractivity contribution in [2.75, 3.05) is 26.4 Å². The lowest BCUT2D eigenvalue weighted by atomic mass is 10.1. The Bertz CT molecular complexity index is 313. The molecule has 0 aliphatic heterocycles. The monoisotopic (exact) mass is 223 g/mol. The summed E-state index contributed by atoms with van der Waals surface area (Å²) in [6.45, 7) is 7.08. The lowest BCUT2D eigenvalue weighted by Gasteiger charge is -2.08. The van der Waals surface area contributed by atoms with Crippen molar-refractivity contribution in [1.29, 1.82) is 0 Å². The number of benzene rings is 1. The van der Waals surface area contributed by atoms with Crippen molar-refractivity contribution in [3.8, 4) is 0 Å². The first kappa shape index (κ1) is 13.2. The number of nitrogens with one attached hydrogen (secondary N) is 1. The van der Waals surface area contributed by atoms with E-state index in [0.717, 1.165) is 13.1 Å². The van der Waals surface area contributed by atoms with Crippen molar-refractivity contribution >= 4 is 0 Å². The molecule has 0 radical (unpaired) electrons. The second-order valence-electron chi connectivity index (χ2n) is 3.94. The predicted molar refractivity (Wildman–Crippen MR) is 65.5 cm³/mol. The third-order valence-electron chi connectivity index (χ3n) is 2.47. The smallest absolute Gasteiger partial charge is 0.0698 e. The number of hydrogen-bond acceptors (Lipinski definition) is 3. The Labute approximate surface area is 97.4 Å². The van der Waals surface area contributed by atoms with Crippen molar-refractivity contribution in [2.24, 2.45) is 0 Å². The molecule has 0 unspecified atom stereocenters. The summed E-state index contributed by atoms with van der Waals surface area (Å²) in [5, 5.41) is 11.8. The van der Waals surface area contributed by atoms with E-state index in [1.165, 1.54) is 16.7 Å². The van der Waals surface area contributed by atoms with Crippen LogP contribution in [0.4, 0.5) is 0 Å². The van der Waals surface area contributed by atoms with Gasteiger partial charge in [0.15, 0.2) is 0 Å². The lowest BCUT2D eigenvalue weighted by Crippen LogP contribution is -2.20. The zero-order chi connectivity index (χ0) is 11.8. The minimum Gasteiger partial charge on any atom is -0.394 e. The van der Waals surface area contributed by atoms with Crippen LogP contribution in [0.2, 0.25) is 0 Å². The van der Waals surface area contributed by atoms with Gasteiger partial charge in [-0.25, -0.2) is 0 Å². The number of hydrogen-bond donors (Lipinski definition) is 2. The Kier molecular flexibility index (Phi) is 6.08. The standard InChI is InChI=1S/C13H21NO2/c1-11-3-4-13(12(2)9-11)10-14-5-7-16-8-6-15/h3-4,9,14-15H,5-8,10H2,1-2H3. The van der Waals surface area contributed by atoms with Crippen LogP contribution in [0, 0.1) is 13.8 Å². The second kappa shape index (κ2) is 7.39. The Morgan fingerprint density at radius 3 is 2.75 bits per heavy atom. The molecule has 90 valence electrons. The molecule has 1 aromatic carbocycles. The molecule has 0 fully saturated rings. The van der Waals surface area contributed by atoms with Crippen LogP contribution in [0.3, 0.4) is 0 Å². The molecule has 1 aromatic rings. The van der Waals surface area contributed by atoms with Crippen molar-refractivity contribution in [3.63, 3.8) is 0 Å². The van der Waals surface area contributed by atoms with Crippen LogP contribution in [-0.4, -0.2) is 31.5 Å². The van der Waals surface area contributed by atoms with Gasteiger partial charge in [0.1, 0.15) is 0 Å². The summed E-state index contributed by atoms with van der Waals surface area (Å²) >= 11 is 0. The number of aliphatic hydroxyl groups excluding tert-OH is 1. The molecular weight excluding hydrogens is 202 g/mol. The van der Waals surface area contributed by atoms with E-state index in [4.69, 9.17) is 9.84 Å². The molecule has 0 amide bonds. The van der Waals surface area contributed by atoms with Gasteiger partial charge in [-0.3, -0.25) is 0 Å². The highest BCUT2D eigenvalue weighted by molar-refractivity contribution is 5.30. The molecule has 3 heteroatoms. The predicted octanol–water partition coefficient (Wildman–Crippen LogP) is 1.40. The molecule has 0 aromatic heterocycles. The molecule has 0 saturated heterocycles. The normalized spacial score (nSPS) is 10.7. The summed E-state index contributed by atoms with van der Waals surface area (Å²) in [5.41, 5.74) is 3.95. The van der Waals surface area contributed by atoms with Crippen LogP contribution < -0.4 is 5.32 Å². The molecule has 1 rings (SSSR count). The Morgan fingerprint density at radius 1 is 1.25 bits per heavy atom. The molecule has 0 aliphatic carbocycles. The maximum Gasteiger partial charge on any atom is 0.0698 e. The van der Waals surface area contributed by atoms with E-state index in [9.17, 15) is 0 Å². The van der Waals surface area contributed by atoms with E-state index < -0.39 is 0 Å². The summed E-state index contributed by atoms with van der Waals surface area (Å²) in [6, 6.07) is 6.48. The highest BCUT2D eigenvalue weighted by Gasteiger charge is 1.97. The van der Waals surface area contributed by atoms with Gasteiger partial charge in [0.05, 0.1) is 19.8 Å². The van der Waals surface area contributed by atoms with Gasteiger partial charge >= 0.3 is 0 Å². The molecule has 0 heterocycles. The van der Waals surface area contributed by atoms with Gasteiger partial charge in [-0.05, 0) is 25.0 Å². The molecule has 2 N–H and O–H groups in total. The van der Waals surface area contributed by atoms with Crippen LogP contribution in [0.1, 0.15) is 16.7 Å². The number of ether oxygens (including phenoxy) is 1. The third-order valence-corrected chi connectivity index (χ3v) is 2.47. The van der Waals surface area contributed by atoms with Gasteiger partial charge in [-0.1, -0.05) is 23.8 Å². The summed E-state index contributed by atoms with van der Waals surface area (Å²) in [5.74, 6) is 0. The van der Waals surface area contributed by atoms with Crippen molar-refractivity contribution in [3.05, 3.63) is 34.9 Å². The number of aryl methyl sites for hydroxylation is 2. The Morgan fingerprint density at radius 2 is 2.06 bits per heavy atom. The van der Waals surface area contributed by atoms with Gasteiger partial charge in [-0.15, -0.1) is 0 Å². The zero-order valence-corrected chi connectivity index (χ0v) is 10.1. The molecule has 16 heavy (non-hydrogen) atoms. The van der Waals surface area contributed by atoms with Gasteiger partial charge in [0.2, 0.25) is 0 Å². The van der Waals surface area contributed by atoms with Crippen molar-refractivity contribution in [1.82, 2.24) is 5.32 Å². The van der Waals surface area contributed by atoms with Crippen LogP contribution in [0.15, 0.2) is 18.2 Å². The molecule has 0 aliphatic rings. The molecule has 0 bridgehead atoms. The van der Waals surface area contributed by atoms with Crippen LogP contribution in [0.25, 0.3) is 0 Å². The van der Waals surface area contributed by atoms with Crippen molar-refractivity contribution < 1.29 is 9.84 Å². The first-order chi connectivity index (χ1) is 7.74. The molecule has 0 spiro atoms. The number of aliphatic hydroxyl groups is 1. The molecular formula is C13H21NO2. The van der Waals surface area contributed by atoms with Crippen LogP contribution >= 0.6 is 0 Å². The summed E-state index contributed by atoms with van der Waals surface area (Å²) in [4.78, 5) is 0. The SMILES string of the molecule is Cc1ccc(CNCCOCCO)c(C)c1. The van der Waals surface area contributed by atoms with E-state index in [-0.39, 0.29) is 6.61 Å². The number of rotatable bonds is 7. The van der Waals surface area contributed by atoms with Gasteiger partial charge in [0, 0.05) is 13.1 Å².